The van der Waals surface area contributed by atoms with Gasteiger partial charge in [-0.15, -0.1) is 0 Å². The van der Waals surface area contributed by atoms with Crippen LogP contribution < -0.4 is 10.1 Å². The van der Waals surface area contributed by atoms with Crippen LogP contribution >= 0.6 is 0 Å². The zero-order chi connectivity index (χ0) is 15.4. The van der Waals surface area contributed by atoms with Gasteiger partial charge in [0.05, 0.1) is 6.61 Å². The van der Waals surface area contributed by atoms with Crippen LogP contribution in [-0.2, 0) is 6.54 Å². The van der Waals surface area contributed by atoms with Crippen molar-refractivity contribution in [3.63, 3.8) is 0 Å². The summed E-state index contributed by atoms with van der Waals surface area (Å²) in [4.78, 5) is 0. The minimum Gasteiger partial charge on any atom is -0.508 e. The average molecular weight is 287 g/mol. The molecular weight excluding hydrogens is 266 g/mol. The predicted molar refractivity (Wildman–Crippen MR) is 84.2 cm³/mol. The van der Waals surface area contributed by atoms with Crippen LogP contribution in [-0.4, -0.2) is 16.8 Å². The molecule has 0 fully saturated rings. The molecule has 0 aromatic heterocycles. The molecule has 21 heavy (non-hydrogen) atoms. The zero-order valence-corrected chi connectivity index (χ0v) is 12.6. The van der Waals surface area contributed by atoms with Crippen molar-refractivity contribution in [1.29, 1.82) is 0 Å². The maximum atomic E-state index is 10.2. The van der Waals surface area contributed by atoms with Gasteiger partial charge in [-0.1, -0.05) is 12.1 Å². The van der Waals surface area contributed by atoms with Crippen LogP contribution in [0.15, 0.2) is 30.3 Å². The van der Waals surface area contributed by atoms with Gasteiger partial charge in [-0.25, -0.2) is 0 Å². The number of phenols is 2. The second-order valence-corrected chi connectivity index (χ2v) is 5.00. The number of aromatic hydroxyl groups is 2. The van der Waals surface area contributed by atoms with E-state index in [0.717, 1.165) is 22.4 Å². The third-order valence-electron chi connectivity index (χ3n) is 3.39. The highest BCUT2D eigenvalue weighted by atomic mass is 16.5. The summed E-state index contributed by atoms with van der Waals surface area (Å²) in [6.07, 6.45) is 0. The van der Waals surface area contributed by atoms with Crippen molar-refractivity contribution in [2.45, 2.75) is 27.3 Å². The highest BCUT2D eigenvalue weighted by Gasteiger charge is 2.09. The third-order valence-corrected chi connectivity index (χ3v) is 3.39. The molecule has 0 aliphatic heterocycles. The molecule has 4 nitrogen and oxygen atoms in total. The molecule has 3 N–H and O–H groups in total. The van der Waals surface area contributed by atoms with Gasteiger partial charge < -0.3 is 20.3 Å². The molecule has 4 heteroatoms. The van der Waals surface area contributed by atoms with Gasteiger partial charge in [0.2, 0.25) is 0 Å². The first kappa shape index (κ1) is 15.0. The van der Waals surface area contributed by atoms with E-state index in [-0.39, 0.29) is 5.75 Å². The molecule has 2 aromatic carbocycles. The highest BCUT2D eigenvalue weighted by molar-refractivity contribution is 5.57. The molecule has 0 aliphatic carbocycles. The largest absolute Gasteiger partial charge is 0.508 e. The normalized spacial score (nSPS) is 10.4. The van der Waals surface area contributed by atoms with Crippen molar-refractivity contribution >= 4 is 5.69 Å². The van der Waals surface area contributed by atoms with Crippen molar-refractivity contribution in [3.8, 4) is 17.2 Å². The summed E-state index contributed by atoms with van der Waals surface area (Å²) in [5.74, 6) is 0.953. The van der Waals surface area contributed by atoms with Crippen LogP contribution in [0.3, 0.4) is 0 Å². The molecule has 0 saturated carbocycles. The SMILES string of the molecule is CCOc1cccc(CNc2cc(C)c(O)cc2C)c1O. The van der Waals surface area contributed by atoms with E-state index in [1.807, 2.05) is 39.0 Å². The van der Waals surface area contributed by atoms with E-state index in [0.29, 0.717) is 24.7 Å². The molecule has 0 bridgehead atoms. The molecule has 0 unspecified atom stereocenters. The Morgan fingerprint density at radius 2 is 1.86 bits per heavy atom. The molecule has 0 atom stereocenters. The Balaban J connectivity index is 2.17. The maximum Gasteiger partial charge on any atom is 0.162 e. The monoisotopic (exact) mass is 287 g/mol. The van der Waals surface area contributed by atoms with E-state index in [4.69, 9.17) is 4.74 Å². The second-order valence-electron chi connectivity index (χ2n) is 5.00. The van der Waals surface area contributed by atoms with E-state index < -0.39 is 0 Å². The van der Waals surface area contributed by atoms with E-state index in [9.17, 15) is 10.2 Å². The van der Waals surface area contributed by atoms with Crippen LogP contribution in [0.2, 0.25) is 0 Å². The Kier molecular flexibility index (Phi) is 4.58. The number of ether oxygens (including phenoxy) is 1. The van der Waals surface area contributed by atoms with Gasteiger partial charge in [-0.2, -0.15) is 0 Å². The molecule has 2 aromatic rings. The Bertz CT molecular complexity index is 638. The molecule has 2 rings (SSSR count). The van der Waals surface area contributed by atoms with Gasteiger partial charge in [-0.05, 0) is 50.1 Å². The summed E-state index contributed by atoms with van der Waals surface area (Å²) in [6.45, 7) is 6.66. The van der Waals surface area contributed by atoms with Gasteiger partial charge in [0.1, 0.15) is 5.75 Å². The topological polar surface area (TPSA) is 61.7 Å². The molecule has 0 heterocycles. The second kappa shape index (κ2) is 6.39. The van der Waals surface area contributed by atoms with Crippen molar-refractivity contribution in [3.05, 3.63) is 47.0 Å². The van der Waals surface area contributed by atoms with Crippen LogP contribution in [0, 0.1) is 13.8 Å². The van der Waals surface area contributed by atoms with Crippen LogP contribution in [0.4, 0.5) is 5.69 Å². The smallest absolute Gasteiger partial charge is 0.162 e. The Morgan fingerprint density at radius 1 is 1.10 bits per heavy atom. The molecule has 0 aliphatic rings. The third kappa shape index (κ3) is 3.40. The lowest BCUT2D eigenvalue weighted by Crippen LogP contribution is -2.03. The number of para-hydroxylation sites is 1. The van der Waals surface area contributed by atoms with Crippen LogP contribution in [0.5, 0.6) is 17.2 Å². The van der Waals surface area contributed by atoms with Gasteiger partial charge in [0, 0.05) is 17.8 Å². The summed E-state index contributed by atoms with van der Waals surface area (Å²) >= 11 is 0. The first-order chi connectivity index (χ1) is 10.0. The van der Waals surface area contributed by atoms with Gasteiger partial charge >= 0.3 is 0 Å². The average Bonchev–Trinajstić information content (AvgIpc) is 2.45. The summed E-state index contributed by atoms with van der Waals surface area (Å²) in [7, 11) is 0. The predicted octanol–water partition coefficient (Wildman–Crippen LogP) is 3.73. The first-order valence-corrected chi connectivity index (χ1v) is 7.00. The molecule has 112 valence electrons. The van der Waals surface area contributed by atoms with E-state index in [2.05, 4.69) is 5.32 Å². The van der Waals surface area contributed by atoms with Crippen molar-refractivity contribution in [1.82, 2.24) is 0 Å². The summed E-state index contributed by atoms with van der Waals surface area (Å²) in [5, 5.41) is 23.1. The number of anilines is 1. The van der Waals surface area contributed by atoms with E-state index >= 15 is 0 Å². The fourth-order valence-corrected chi connectivity index (χ4v) is 2.16. The number of benzene rings is 2. The number of rotatable bonds is 5. The van der Waals surface area contributed by atoms with Crippen LogP contribution in [0.25, 0.3) is 0 Å². The standard InChI is InChI=1S/C17H21NO3/c1-4-21-16-7-5-6-13(17(16)20)10-18-14-8-12(3)15(19)9-11(14)2/h5-9,18-20H,4,10H2,1-3H3. The highest BCUT2D eigenvalue weighted by Crippen LogP contribution is 2.31. The fourth-order valence-electron chi connectivity index (χ4n) is 2.16. The number of hydrogen-bond acceptors (Lipinski definition) is 4. The number of nitrogens with one attached hydrogen (secondary N) is 1. The first-order valence-electron chi connectivity index (χ1n) is 7.00. The zero-order valence-electron chi connectivity index (χ0n) is 12.6. The Labute approximate surface area is 125 Å². The minimum atomic E-state index is 0.167. The molecule has 0 radical (unpaired) electrons. The molecule has 0 amide bonds. The number of aryl methyl sites for hydroxylation is 2. The number of hydrogen-bond donors (Lipinski definition) is 3. The maximum absolute atomic E-state index is 10.2. The fraction of sp³-hybridized carbons (Fsp3) is 0.294. The Hall–Kier alpha value is -2.36. The van der Waals surface area contributed by atoms with Gasteiger partial charge in [0.15, 0.2) is 11.5 Å². The number of phenolic OH excluding ortho intramolecular Hbond substituents is 2. The lowest BCUT2D eigenvalue weighted by molar-refractivity contribution is 0.317. The molecular formula is C17H21NO3. The quantitative estimate of drug-likeness (QED) is 0.733. The molecule has 0 spiro atoms. The molecule has 0 saturated heterocycles. The van der Waals surface area contributed by atoms with Crippen molar-refractivity contribution in [2.24, 2.45) is 0 Å². The summed E-state index contributed by atoms with van der Waals surface area (Å²) < 4.78 is 5.38. The van der Waals surface area contributed by atoms with Crippen molar-refractivity contribution < 1.29 is 14.9 Å². The summed E-state index contributed by atoms with van der Waals surface area (Å²) in [5.41, 5.74) is 3.48. The van der Waals surface area contributed by atoms with E-state index in [1.54, 1.807) is 12.1 Å². The lowest BCUT2D eigenvalue weighted by atomic mass is 10.1. The van der Waals surface area contributed by atoms with Gasteiger partial charge in [0.25, 0.3) is 0 Å². The van der Waals surface area contributed by atoms with Crippen molar-refractivity contribution in [2.75, 3.05) is 11.9 Å². The summed E-state index contributed by atoms with van der Waals surface area (Å²) in [6, 6.07) is 9.09. The van der Waals surface area contributed by atoms with E-state index in [1.165, 1.54) is 0 Å². The Morgan fingerprint density at radius 3 is 2.57 bits per heavy atom. The lowest BCUT2D eigenvalue weighted by Gasteiger charge is -2.14. The minimum absolute atomic E-state index is 0.167. The van der Waals surface area contributed by atoms with Gasteiger partial charge in [-0.3, -0.25) is 0 Å². The van der Waals surface area contributed by atoms with Crippen LogP contribution in [0.1, 0.15) is 23.6 Å².